The molecule has 330 valence electrons. The van der Waals surface area contributed by atoms with Gasteiger partial charge in [-0.2, -0.15) is 15.0 Å². The second-order valence-electron chi connectivity index (χ2n) is 16.2. The Kier molecular flexibility index (Phi) is 21.2. The molecule has 1 aliphatic rings. The summed E-state index contributed by atoms with van der Waals surface area (Å²) in [6, 6.07) is 22.0. The van der Waals surface area contributed by atoms with Crippen LogP contribution in [-0.2, 0) is 14.2 Å². The van der Waals surface area contributed by atoms with E-state index in [9.17, 15) is 14.4 Å². The van der Waals surface area contributed by atoms with Gasteiger partial charge in [0, 0.05) is 17.1 Å². The van der Waals surface area contributed by atoms with E-state index < -0.39 is 0 Å². The van der Waals surface area contributed by atoms with Gasteiger partial charge in [-0.25, -0.2) is 14.4 Å². The van der Waals surface area contributed by atoms with Gasteiger partial charge in [0.05, 0.1) is 56.5 Å². The quantitative estimate of drug-likeness (QED) is 0.0500. The molecule has 1 aliphatic heterocycles. The van der Waals surface area contributed by atoms with Gasteiger partial charge in [0.15, 0.2) is 0 Å². The molecule has 0 radical (unpaired) electrons. The minimum absolute atomic E-state index is 0.312. The topological polar surface area (TPSA) is 125 Å². The van der Waals surface area contributed by atoms with Gasteiger partial charge < -0.3 is 30.5 Å². The molecule has 0 spiro atoms. The molecule has 12 nitrogen and oxygen atoms in total. The second kappa shape index (κ2) is 26.5. The lowest BCUT2D eigenvalue weighted by Crippen LogP contribution is -2.59. The third-order valence-electron chi connectivity index (χ3n) is 11.2. The van der Waals surface area contributed by atoms with Crippen LogP contribution >= 0.6 is 0 Å². The van der Waals surface area contributed by atoms with Crippen LogP contribution in [0.1, 0.15) is 150 Å². The van der Waals surface area contributed by atoms with Gasteiger partial charge in [-0.05, 0) is 110 Å². The van der Waals surface area contributed by atoms with Crippen molar-refractivity contribution >= 4 is 35.0 Å². The normalized spacial score (nSPS) is 15.1. The molecule has 0 bridgehead atoms. The second-order valence-corrected chi connectivity index (χ2v) is 16.2. The molecule has 0 amide bonds. The van der Waals surface area contributed by atoms with Gasteiger partial charge in [0.25, 0.3) is 0 Å². The summed E-state index contributed by atoms with van der Waals surface area (Å²) in [6.07, 6.45) is 12.9. The first kappa shape index (κ1) is 48.0. The molecule has 3 aromatic carbocycles. The number of hydrazine groups is 3. The summed E-state index contributed by atoms with van der Waals surface area (Å²) in [7, 11) is 0. The van der Waals surface area contributed by atoms with Crippen LogP contribution in [0.15, 0.2) is 72.8 Å². The zero-order valence-corrected chi connectivity index (χ0v) is 37.2. The van der Waals surface area contributed by atoms with E-state index >= 15 is 0 Å². The summed E-state index contributed by atoms with van der Waals surface area (Å²) >= 11 is 0. The highest BCUT2D eigenvalue weighted by Crippen LogP contribution is 2.21. The number of carbonyl (C=O) groups is 3. The van der Waals surface area contributed by atoms with E-state index in [0.717, 1.165) is 94.1 Å². The molecule has 3 unspecified atom stereocenters. The number of esters is 3. The number of nitrogens with zero attached hydrogens (tertiary/aromatic N) is 3. The number of hydrogen-bond acceptors (Lipinski definition) is 12. The monoisotopic (exact) mass is 829 g/mol. The Morgan fingerprint density at radius 1 is 0.450 bits per heavy atom. The van der Waals surface area contributed by atoms with Crippen molar-refractivity contribution < 1.29 is 28.6 Å². The van der Waals surface area contributed by atoms with Crippen molar-refractivity contribution in [2.45, 2.75) is 119 Å². The van der Waals surface area contributed by atoms with E-state index in [2.05, 4.69) is 57.8 Å². The predicted molar refractivity (Wildman–Crippen MR) is 241 cm³/mol. The van der Waals surface area contributed by atoms with Gasteiger partial charge in [0.2, 0.25) is 0 Å². The zero-order valence-electron chi connectivity index (χ0n) is 37.2. The molecule has 3 atom stereocenters. The summed E-state index contributed by atoms with van der Waals surface area (Å²) in [4.78, 5) is 38.6. The van der Waals surface area contributed by atoms with Crippen molar-refractivity contribution in [1.82, 2.24) is 15.0 Å². The maximum Gasteiger partial charge on any atom is 0.338 e. The minimum atomic E-state index is -0.312. The maximum absolute atomic E-state index is 12.9. The highest BCUT2D eigenvalue weighted by molar-refractivity contribution is 5.90. The smallest absolute Gasteiger partial charge is 0.338 e. The van der Waals surface area contributed by atoms with Crippen molar-refractivity contribution in [3.05, 3.63) is 89.5 Å². The van der Waals surface area contributed by atoms with Crippen LogP contribution in [-0.4, -0.2) is 72.8 Å². The number of unbranched alkanes of at least 4 members (excludes halogenated alkanes) is 3. The Morgan fingerprint density at radius 2 is 0.700 bits per heavy atom. The Hall–Kier alpha value is -4.65. The summed E-state index contributed by atoms with van der Waals surface area (Å²) in [5.41, 5.74) is 14.4. The molecule has 3 N–H and O–H groups in total. The predicted octanol–water partition coefficient (Wildman–Crippen LogP) is 11.0. The van der Waals surface area contributed by atoms with Crippen LogP contribution < -0.4 is 16.3 Å². The summed E-state index contributed by atoms with van der Waals surface area (Å²) in [5, 5.41) is 6.08. The van der Waals surface area contributed by atoms with Gasteiger partial charge in [-0.3, -0.25) is 0 Å². The molecule has 0 aromatic heterocycles. The molecule has 60 heavy (non-hydrogen) atoms. The largest absolute Gasteiger partial charge is 0.462 e. The standard InChI is InChI=1S/C48H72N6O6/c1-7-13-16-37(10-4)31-58-46(55)40-19-25-43(26-20-40)49-52-34-53(50-44-27-21-41(22-28-44)47(56)59-32-38(11-5)17-14-8-2)36-54(35-52)51-45-29-23-42(24-30-45)48(57)60-33-39(12-6)18-15-9-3/h19-30,37-39,49-51H,7-18,31-36H2,1-6H3. The van der Waals surface area contributed by atoms with Crippen molar-refractivity contribution in [1.29, 1.82) is 0 Å². The molecule has 1 saturated heterocycles. The summed E-state index contributed by atoms with van der Waals surface area (Å²) in [6.45, 7) is 15.7. The number of benzene rings is 3. The number of anilines is 3. The van der Waals surface area contributed by atoms with Crippen molar-refractivity contribution in [2.24, 2.45) is 17.8 Å². The number of ether oxygens (including phenoxy) is 3. The minimum Gasteiger partial charge on any atom is -0.462 e. The fourth-order valence-corrected chi connectivity index (χ4v) is 7.08. The van der Waals surface area contributed by atoms with E-state index in [1.807, 2.05) is 51.4 Å². The Bertz CT molecular complexity index is 1480. The van der Waals surface area contributed by atoms with E-state index in [1.54, 1.807) is 36.4 Å². The van der Waals surface area contributed by atoms with Gasteiger partial charge in [-0.15, -0.1) is 0 Å². The molecular formula is C48H72N6O6. The highest BCUT2D eigenvalue weighted by atomic mass is 16.5. The number of rotatable bonds is 27. The van der Waals surface area contributed by atoms with Crippen LogP contribution in [0.25, 0.3) is 0 Å². The molecule has 0 aliphatic carbocycles. The average Bonchev–Trinajstić information content (AvgIpc) is 3.27. The van der Waals surface area contributed by atoms with Crippen LogP contribution in [0.4, 0.5) is 17.1 Å². The van der Waals surface area contributed by atoms with Crippen LogP contribution in [0, 0.1) is 17.8 Å². The van der Waals surface area contributed by atoms with Gasteiger partial charge in [-0.1, -0.05) is 99.3 Å². The number of hydrogen-bond donors (Lipinski definition) is 3. The Morgan fingerprint density at radius 3 is 0.917 bits per heavy atom. The molecule has 1 heterocycles. The van der Waals surface area contributed by atoms with Crippen LogP contribution in [0.5, 0.6) is 0 Å². The average molecular weight is 829 g/mol. The lowest BCUT2D eigenvalue weighted by atomic mass is 10.0. The van der Waals surface area contributed by atoms with E-state index in [4.69, 9.17) is 14.2 Å². The lowest BCUT2D eigenvalue weighted by Gasteiger charge is -2.42. The van der Waals surface area contributed by atoms with Crippen molar-refractivity contribution in [3.63, 3.8) is 0 Å². The molecule has 3 aromatic rings. The van der Waals surface area contributed by atoms with Crippen molar-refractivity contribution in [3.8, 4) is 0 Å². The first-order valence-corrected chi connectivity index (χ1v) is 22.5. The highest BCUT2D eigenvalue weighted by Gasteiger charge is 2.25. The van der Waals surface area contributed by atoms with E-state index in [1.165, 1.54) is 0 Å². The first-order chi connectivity index (χ1) is 29.2. The summed E-state index contributed by atoms with van der Waals surface area (Å²) < 4.78 is 17.0. The SMILES string of the molecule is CCCCC(CC)COC(=O)c1ccc(NN2CN(Nc3ccc(C(=O)OCC(CC)CCCC)cc3)CN(Nc3ccc(C(=O)OCC(CC)CCCC)cc3)C2)cc1. The fraction of sp³-hybridized carbons (Fsp3) is 0.562. The maximum atomic E-state index is 12.9. The van der Waals surface area contributed by atoms with E-state index in [-0.39, 0.29) is 17.9 Å². The number of carbonyl (C=O) groups excluding carboxylic acids is 3. The molecule has 1 fully saturated rings. The Balaban J connectivity index is 1.41. The van der Waals surface area contributed by atoms with Gasteiger partial charge >= 0.3 is 17.9 Å². The number of nitrogens with one attached hydrogen (secondary N) is 3. The Labute approximate surface area is 359 Å². The molecule has 4 rings (SSSR count). The zero-order chi connectivity index (χ0) is 43.1. The molecular weight excluding hydrogens is 757 g/mol. The van der Waals surface area contributed by atoms with Gasteiger partial charge in [0.1, 0.15) is 0 Å². The third kappa shape index (κ3) is 16.4. The van der Waals surface area contributed by atoms with Crippen LogP contribution in [0.2, 0.25) is 0 Å². The molecule has 12 heteroatoms. The van der Waals surface area contributed by atoms with E-state index in [0.29, 0.717) is 74.3 Å². The van der Waals surface area contributed by atoms with Crippen LogP contribution in [0.3, 0.4) is 0 Å². The lowest BCUT2D eigenvalue weighted by molar-refractivity contribution is 0.0126. The fourth-order valence-electron chi connectivity index (χ4n) is 7.08. The van der Waals surface area contributed by atoms with Crippen molar-refractivity contribution in [2.75, 3.05) is 56.1 Å². The first-order valence-electron chi connectivity index (χ1n) is 22.5. The molecule has 0 saturated carbocycles. The summed E-state index contributed by atoms with van der Waals surface area (Å²) in [5.74, 6) is 0.199. The third-order valence-corrected chi connectivity index (χ3v) is 11.2.